The van der Waals surface area contributed by atoms with Crippen molar-refractivity contribution in [3.63, 3.8) is 0 Å². The SMILES string of the molecule is O=P(OCCC1CCCCC1)(Oc1ccccc1)Oc1ccccc1. The molecule has 0 heterocycles. The maximum Gasteiger partial charge on any atom is 0.587 e. The van der Waals surface area contributed by atoms with E-state index in [4.69, 9.17) is 13.6 Å². The van der Waals surface area contributed by atoms with Crippen molar-refractivity contribution in [2.45, 2.75) is 38.5 Å². The van der Waals surface area contributed by atoms with Gasteiger partial charge >= 0.3 is 7.82 Å². The van der Waals surface area contributed by atoms with Crippen molar-refractivity contribution < 1.29 is 18.1 Å². The highest BCUT2D eigenvalue weighted by Gasteiger charge is 2.31. The van der Waals surface area contributed by atoms with E-state index in [1.54, 1.807) is 24.3 Å². The molecule has 4 nitrogen and oxygen atoms in total. The second-order valence-corrected chi connectivity index (χ2v) is 7.90. The largest absolute Gasteiger partial charge is 0.587 e. The summed E-state index contributed by atoms with van der Waals surface area (Å²) in [5.74, 6) is 1.59. The fourth-order valence-electron chi connectivity index (χ4n) is 3.10. The monoisotopic (exact) mass is 360 g/mol. The molecule has 0 atom stereocenters. The molecule has 134 valence electrons. The van der Waals surface area contributed by atoms with Gasteiger partial charge in [-0.3, -0.25) is 4.52 Å². The van der Waals surface area contributed by atoms with Gasteiger partial charge in [-0.25, -0.2) is 4.57 Å². The predicted octanol–water partition coefficient (Wildman–Crippen LogP) is 6.24. The zero-order valence-electron chi connectivity index (χ0n) is 14.4. The van der Waals surface area contributed by atoms with E-state index in [1.807, 2.05) is 36.4 Å². The molecule has 25 heavy (non-hydrogen) atoms. The van der Waals surface area contributed by atoms with E-state index in [2.05, 4.69) is 0 Å². The van der Waals surface area contributed by atoms with Crippen molar-refractivity contribution in [3.05, 3.63) is 60.7 Å². The highest BCUT2D eigenvalue weighted by atomic mass is 31.2. The lowest BCUT2D eigenvalue weighted by Crippen LogP contribution is -2.11. The highest BCUT2D eigenvalue weighted by Crippen LogP contribution is 2.49. The summed E-state index contributed by atoms with van der Waals surface area (Å²) in [5.41, 5.74) is 0. The van der Waals surface area contributed by atoms with Crippen LogP contribution < -0.4 is 9.05 Å². The summed E-state index contributed by atoms with van der Waals surface area (Å²) in [5, 5.41) is 0. The summed E-state index contributed by atoms with van der Waals surface area (Å²) >= 11 is 0. The van der Waals surface area contributed by atoms with Crippen LogP contribution in [0.3, 0.4) is 0 Å². The molecule has 0 aliphatic heterocycles. The van der Waals surface area contributed by atoms with E-state index in [0.717, 1.165) is 6.42 Å². The third-order valence-electron chi connectivity index (χ3n) is 4.42. The molecule has 3 rings (SSSR count). The molecule has 0 saturated heterocycles. The van der Waals surface area contributed by atoms with Gasteiger partial charge in [-0.1, -0.05) is 68.5 Å². The minimum atomic E-state index is -3.73. The van der Waals surface area contributed by atoms with Gasteiger partial charge in [0.05, 0.1) is 6.61 Å². The first-order valence-electron chi connectivity index (χ1n) is 8.97. The summed E-state index contributed by atoms with van der Waals surface area (Å²) in [6.45, 7) is 0.377. The minimum Gasteiger partial charge on any atom is -0.395 e. The summed E-state index contributed by atoms with van der Waals surface area (Å²) in [6.07, 6.45) is 7.23. The van der Waals surface area contributed by atoms with Gasteiger partial charge in [0.15, 0.2) is 0 Å². The Balaban J connectivity index is 1.63. The molecule has 5 heteroatoms. The Morgan fingerprint density at radius 2 is 1.32 bits per heavy atom. The topological polar surface area (TPSA) is 44.8 Å². The van der Waals surface area contributed by atoms with Crippen LogP contribution in [0.15, 0.2) is 60.7 Å². The summed E-state index contributed by atoms with van der Waals surface area (Å²) in [7, 11) is -3.73. The van der Waals surface area contributed by atoms with Gasteiger partial charge in [0.25, 0.3) is 0 Å². The molecule has 0 bridgehead atoms. The second-order valence-electron chi connectivity index (χ2n) is 6.38. The van der Waals surface area contributed by atoms with Crippen molar-refractivity contribution in [3.8, 4) is 11.5 Å². The molecule has 0 radical (unpaired) electrons. The molecule has 2 aromatic rings. The number of benzene rings is 2. The molecule has 0 amide bonds. The zero-order chi connectivity index (χ0) is 17.4. The Labute approximate surface area is 149 Å². The number of hydrogen-bond acceptors (Lipinski definition) is 4. The molecule has 1 fully saturated rings. The normalized spacial score (nSPS) is 15.7. The molecule has 0 spiro atoms. The quantitative estimate of drug-likeness (QED) is 0.523. The third kappa shape index (κ3) is 5.91. The molecular weight excluding hydrogens is 335 g/mol. The summed E-state index contributed by atoms with van der Waals surface area (Å²) in [4.78, 5) is 0. The van der Waals surface area contributed by atoms with Crippen LogP contribution in [0.2, 0.25) is 0 Å². The molecule has 0 N–H and O–H groups in total. The van der Waals surface area contributed by atoms with Crippen molar-refractivity contribution >= 4 is 7.82 Å². The molecule has 0 aromatic heterocycles. The van der Waals surface area contributed by atoms with Crippen LogP contribution in [-0.4, -0.2) is 6.61 Å². The predicted molar refractivity (Wildman–Crippen MR) is 98.9 cm³/mol. The van der Waals surface area contributed by atoms with Gasteiger partial charge in [0.1, 0.15) is 11.5 Å². The van der Waals surface area contributed by atoms with Gasteiger partial charge in [0.2, 0.25) is 0 Å². The third-order valence-corrected chi connectivity index (χ3v) is 5.79. The van der Waals surface area contributed by atoms with Gasteiger partial charge < -0.3 is 9.05 Å². The van der Waals surface area contributed by atoms with Crippen molar-refractivity contribution in [2.24, 2.45) is 5.92 Å². The number of para-hydroxylation sites is 2. The van der Waals surface area contributed by atoms with Crippen molar-refractivity contribution in [1.82, 2.24) is 0 Å². The summed E-state index contributed by atoms with van der Waals surface area (Å²) < 4.78 is 30.0. The maximum atomic E-state index is 13.1. The van der Waals surface area contributed by atoms with Crippen LogP contribution in [0.25, 0.3) is 0 Å². The first-order valence-corrected chi connectivity index (χ1v) is 10.4. The van der Waals surface area contributed by atoms with Gasteiger partial charge in [-0.2, -0.15) is 0 Å². The molecular formula is C20H25O4P. The molecule has 2 aromatic carbocycles. The lowest BCUT2D eigenvalue weighted by atomic mass is 9.87. The van der Waals surface area contributed by atoms with Crippen LogP contribution in [0.1, 0.15) is 38.5 Å². The summed E-state index contributed by atoms with van der Waals surface area (Å²) in [6, 6.07) is 18.0. The molecule has 1 saturated carbocycles. The van der Waals surface area contributed by atoms with E-state index in [-0.39, 0.29) is 0 Å². The number of phosphoric ester groups is 1. The Morgan fingerprint density at radius 3 is 1.84 bits per heavy atom. The average Bonchev–Trinajstić information content (AvgIpc) is 2.64. The van der Waals surface area contributed by atoms with Gasteiger partial charge in [-0.15, -0.1) is 0 Å². The van der Waals surface area contributed by atoms with Crippen LogP contribution in [0.5, 0.6) is 11.5 Å². The van der Waals surface area contributed by atoms with Crippen LogP contribution >= 0.6 is 7.82 Å². The second kappa shape index (κ2) is 9.07. The Morgan fingerprint density at radius 1 is 0.800 bits per heavy atom. The maximum absolute atomic E-state index is 13.1. The van der Waals surface area contributed by atoms with Crippen molar-refractivity contribution in [1.29, 1.82) is 0 Å². The van der Waals surface area contributed by atoms with Gasteiger partial charge in [0, 0.05) is 0 Å². The van der Waals surface area contributed by atoms with E-state index in [0.29, 0.717) is 24.0 Å². The Bertz CT molecular complexity index is 623. The fraction of sp³-hybridized carbons (Fsp3) is 0.400. The standard InChI is InChI=1S/C20H25O4P/c21-25(23-19-12-6-2-7-13-19,24-20-14-8-3-9-15-20)22-17-16-18-10-4-1-5-11-18/h2-3,6-9,12-15,18H,1,4-5,10-11,16-17H2. The van der Waals surface area contributed by atoms with E-state index in [1.165, 1.54) is 32.1 Å². The van der Waals surface area contributed by atoms with E-state index < -0.39 is 7.82 Å². The van der Waals surface area contributed by atoms with E-state index >= 15 is 0 Å². The fourth-order valence-corrected chi connectivity index (χ4v) is 4.33. The number of rotatable bonds is 8. The Kier molecular flexibility index (Phi) is 6.55. The minimum absolute atomic E-state index is 0.377. The van der Waals surface area contributed by atoms with Crippen LogP contribution in [0, 0.1) is 5.92 Å². The number of phosphoric acid groups is 1. The lowest BCUT2D eigenvalue weighted by molar-refractivity contribution is 0.186. The molecule has 0 unspecified atom stereocenters. The smallest absolute Gasteiger partial charge is 0.395 e. The van der Waals surface area contributed by atoms with Crippen LogP contribution in [0.4, 0.5) is 0 Å². The first kappa shape index (κ1) is 18.0. The van der Waals surface area contributed by atoms with Crippen LogP contribution in [-0.2, 0) is 9.09 Å². The number of hydrogen-bond donors (Lipinski definition) is 0. The van der Waals surface area contributed by atoms with E-state index in [9.17, 15) is 4.57 Å². The first-order chi connectivity index (χ1) is 12.2. The van der Waals surface area contributed by atoms with Crippen molar-refractivity contribution in [2.75, 3.05) is 6.61 Å². The lowest BCUT2D eigenvalue weighted by Gasteiger charge is -2.23. The van der Waals surface area contributed by atoms with Gasteiger partial charge in [-0.05, 0) is 36.6 Å². The molecule has 1 aliphatic rings. The molecule has 1 aliphatic carbocycles. The zero-order valence-corrected chi connectivity index (χ0v) is 15.3. The average molecular weight is 360 g/mol. The highest BCUT2D eigenvalue weighted by molar-refractivity contribution is 7.49. The Hall–Kier alpha value is -1.77.